The minimum atomic E-state index is 0.634. The van der Waals surface area contributed by atoms with E-state index in [2.05, 4.69) is 27.8 Å². The Labute approximate surface area is 94.5 Å². The van der Waals surface area contributed by atoms with Gasteiger partial charge in [0.15, 0.2) is 5.82 Å². The summed E-state index contributed by atoms with van der Waals surface area (Å²) in [6.07, 6.45) is 0.802. The fourth-order valence-electron chi connectivity index (χ4n) is 1.61. The number of nitrogens with two attached hydrogens (primary N) is 1. The number of hydrogen-bond donors (Lipinski definition) is 2. The van der Waals surface area contributed by atoms with Crippen molar-refractivity contribution in [2.45, 2.75) is 13.3 Å². The third kappa shape index (κ3) is 2.35. The van der Waals surface area contributed by atoms with Crippen LogP contribution in [0.4, 0.5) is 5.82 Å². The Morgan fingerprint density at radius 3 is 2.62 bits per heavy atom. The quantitative estimate of drug-likeness (QED) is 0.602. The summed E-state index contributed by atoms with van der Waals surface area (Å²) in [6.45, 7) is 1.92. The van der Waals surface area contributed by atoms with Crippen LogP contribution in [-0.2, 0) is 6.42 Å². The van der Waals surface area contributed by atoms with Crippen LogP contribution in [0.15, 0.2) is 36.4 Å². The van der Waals surface area contributed by atoms with Gasteiger partial charge in [-0.3, -0.25) is 0 Å². The van der Waals surface area contributed by atoms with Gasteiger partial charge in [0.2, 0.25) is 0 Å². The zero-order valence-corrected chi connectivity index (χ0v) is 9.14. The van der Waals surface area contributed by atoms with Gasteiger partial charge in [0.25, 0.3) is 0 Å². The van der Waals surface area contributed by atoms with Crippen molar-refractivity contribution >= 4 is 5.82 Å². The monoisotopic (exact) mass is 214 g/mol. The smallest absolute Gasteiger partial charge is 0.166 e. The summed E-state index contributed by atoms with van der Waals surface area (Å²) in [6, 6.07) is 12.2. The Hall–Kier alpha value is -1.94. The number of rotatable bonds is 3. The molecule has 0 saturated carbocycles. The van der Waals surface area contributed by atoms with E-state index in [1.807, 2.05) is 31.2 Å². The molecule has 0 aliphatic carbocycles. The van der Waals surface area contributed by atoms with E-state index in [1.54, 1.807) is 0 Å². The van der Waals surface area contributed by atoms with Gasteiger partial charge in [-0.15, -0.1) is 5.10 Å². The molecule has 0 bridgehead atoms. The molecule has 16 heavy (non-hydrogen) atoms. The second-order valence-electron chi connectivity index (χ2n) is 3.67. The lowest BCUT2D eigenvalue weighted by Gasteiger charge is -2.07. The molecule has 82 valence electrons. The van der Waals surface area contributed by atoms with Crippen molar-refractivity contribution in [1.82, 2.24) is 10.2 Å². The molecule has 1 heterocycles. The summed E-state index contributed by atoms with van der Waals surface area (Å²) >= 11 is 0. The van der Waals surface area contributed by atoms with Crippen LogP contribution in [0.25, 0.3) is 0 Å². The molecule has 0 saturated heterocycles. The molecular formula is C12H14N4. The number of nitrogens with zero attached hydrogens (tertiary/aromatic N) is 2. The van der Waals surface area contributed by atoms with Gasteiger partial charge in [-0.05, 0) is 18.6 Å². The van der Waals surface area contributed by atoms with Crippen molar-refractivity contribution in [3.05, 3.63) is 53.2 Å². The maximum Gasteiger partial charge on any atom is 0.166 e. The fraction of sp³-hybridized carbons (Fsp3) is 0.167. The van der Waals surface area contributed by atoms with Gasteiger partial charge in [0.1, 0.15) is 0 Å². The second-order valence-corrected chi connectivity index (χ2v) is 3.67. The van der Waals surface area contributed by atoms with E-state index in [-0.39, 0.29) is 0 Å². The predicted molar refractivity (Wildman–Crippen MR) is 63.8 cm³/mol. The molecular weight excluding hydrogens is 200 g/mol. The number of aryl methyl sites for hydroxylation is 1. The molecule has 0 spiro atoms. The predicted octanol–water partition coefficient (Wildman–Crippen LogP) is 1.66. The summed E-state index contributed by atoms with van der Waals surface area (Å²) in [7, 11) is 0. The zero-order valence-electron chi connectivity index (χ0n) is 9.14. The van der Waals surface area contributed by atoms with Gasteiger partial charge >= 0.3 is 0 Å². The fourth-order valence-corrected chi connectivity index (χ4v) is 1.61. The minimum absolute atomic E-state index is 0.634. The first kappa shape index (κ1) is 10.6. The van der Waals surface area contributed by atoms with Crippen LogP contribution in [0.5, 0.6) is 0 Å². The first-order valence-electron chi connectivity index (χ1n) is 5.13. The molecule has 4 heteroatoms. The summed E-state index contributed by atoms with van der Waals surface area (Å²) < 4.78 is 0. The summed E-state index contributed by atoms with van der Waals surface area (Å²) in [4.78, 5) is 0. The third-order valence-electron chi connectivity index (χ3n) is 2.37. The lowest BCUT2D eigenvalue weighted by atomic mass is 10.1. The van der Waals surface area contributed by atoms with Crippen LogP contribution in [-0.4, -0.2) is 10.2 Å². The van der Waals surface area contributed by atoms with Crippen LogP contribution in [0.1, 0.15) is 16.8 Å². The maximum atomic E-state index is 5.40. The minimum Gasteiger partial charge on any atom is -0.307 e. The number of hydrogen-bond acceptors (Lipinski definition) is 4. The van der Waals surface area contributed by atoms with E-state index in [1.165, 1.54) is 5.56 Å². The number of benzene rings is 1. The highest BCUT2D eigenvalue weighted by atomic mass is 15.3. The molecule has 1 aromatic heterocycles. The molecule has 0 aliphatic heterocycles. The number of aromatic nitrogens is 2. The standard InChI is InChI=1S/C12H14N4/c1-9-7-11(12(14-13)16-15-9)8-10-5-3-2-4-6-10/h2-7H,8,13H2,1H3,(H,14,16). The van der Waals surface area contributed by atoms with Gasteiger partial charge in [-0.2, -0.15) is 5.10 Å². The molecule has 0 aliphatic rings. The molecule has 4 nitrogen and oxygen atoms in total. The van der Waals surface area contributed by atoms with Crippen molar-refractivity contribution in [2.24, 2.45) is 5.84 Å². The van der Waals surface area contributed by atoms with Crippen molar-refractivity contribution < 1.29 is 0 Å². The SMILES string of the molecule is Cc1cc(Cc2ccccc2)c(NN)nn1. The van der Waals surface area contributed by atoms with Gasteiger partial charge in [0.05, 0.1) is 5.69 Å². The molecule has 0 atom stereocenters. The van der Waals surface area contributed by atoms with Crippen LogP contribution < -0.4 is 11.3 Å². The van der Waals surface area contributed by atoms with Crippen molar-refractivity contribution in [3.63, 3.8) is 0 Å². The molecule has 0 unspecified atom stereocenters. The van der Waals surface area contributed by atoms with E-state index in [0.717, 1.165) is 17.7 Å². The average Bonchev–Trinajstić information content (AvgIpc) is 2.31. The number of nitrogen functional groups attached to an aromatic ring is 1. The van der Waals surface area contributed by atoms with Gasteiger partial charge in [-0.1, -0.05) is 30.3 Å². The highest BCUT2D eigenvalue weighted by Gasteiger charge is 2.05. The first-order valence-corrected chi connectivity index (χ1v) is 5.13. The number of nitrogens with one attached hydrogen (secondary N) is 1. The average molecular weight is 214 g/mol. The zero-order chi connectivity index (χ0) is 11.4. The third-order valence-corrected chi connectivity index (χ3v) is 2.37. The van der Waals surface area contributed by atoms with Crippen molar-refractivity contribution in [3.8, 4) is 0 Å². The highest BCUT2D eigenvalue weighted by molar-refractivity contribution is 5.44. The van der Waals surface area contributed by atoms with Crippen molar-refractivity contribution in [2.75, 3.05) is 5.43 Å². The van der Waals surface area contributed by atoms with Crippen LogP contribution in [0.3, 0.4) is 0 Å². The molecule has 0 amide bonds. The Morgan fingerprint density at radius 2 is 1.94 bits per heavy atom. The molecule has 2 rings (SSSR count). The lowest BCUT2D eigenvalue weighted by Crippen LogP contribution is -2.12. The number of hydrazine groups is 1. The largest absolute Gasteiger partial charge is 0.307 e. The molecule has 3 N–H and O–H groups in total. The maximum absolute atomic E-state index is 5.40. The topological polar surface area (TPSA) is 63.8 Å². The lowest BCUT2D eigenvalue weighted by molar-refractivity contribution is 0.947. The first-order chi connectivity index (χ1) is 7.79. The summed E-state index contributed by atoms with van der Waals surface area (Å²) in [5.74, 6) is 6.04. The highest BCUT2D eigenvalue weighted by Crippen LogP contribution is 2.15. The Balaban J connectivity index is 2.30. The second kappa shape index (κ2) is 4.72. The van der Waals surface area contributed by atoms with Gasteiger partial charge < -0.3 is 5.43 Å². The van der Waals surface area contributed by atoms with Gasteiger partial charge in [0, 0.05) is 12.0 Å². The molecule has 0 fully saturated rings. The van der Waals surface area contributed by atoms with Gasteiger partial charge in [-0.25, -0.2) is 5.84 Å². The summed E-state index contributed by atoms with van der Waals surface area (Å²) in [5.41, 5.74) is 5.75. The Kier molecular flexibility index (Phi) is 3.12. The molecule has 0 radical (unpaired) electrons. The van der Waals surface area contributed by atoms with E-state index >= 15 is 0 Å². The van der Waals surface area contributed by atoms with E-state index in [0.29, 0.717) is 5.82 Å². The number of anilines is 1. The Bertz CT molecular complexity index is 468. The van der Waals surface area contributed by atoms with Crippen molar-refractivity contribution in [1.29, 1.82) is 0 Å². The summed E-state index contributed by atoms with van der Waals surface area (Å²) in [5, 5.41) is 7.97. The van der Waals surface area contributed by atoms with E-state index < -0.39 is 0 Å². The van der Waals surface area contributed by atoms with Crippen LogP contribution >= 0.6 is 0 Å². The van der Waals surface area contributed by atoms with E-state index in [9.17, 15) is 0 Å². The normalized spacial score (nSPS) is 10.1. The van der Waals surface area contributed by atoms with Crippen LogP contribution in [0.2, 0.25) is 0 Å². The van der Waals surface area contributed by atoms with E-state index in [4.69, 9.17) is 5.84 Å². The van der Waals surface area contributed by atoms with Crippen LogP contribution in [0, 0.1) is 6.92 Å². The molecule has 2 aromatic rings. The Morgan fingerprint density at radius 1 is 1.19 bits per heavy atom. The molecule has 1 aromatic carbocycles.